The van der Waals surface area contributed by atoms with Crippen molar-refractivity contribution in [2.45, 2.75) is 77.5 Å². The second-order valence-electron chi connectivity index (χ2n) is 8.66. The molecule has 0 heterocycles. The summed E-state index contributed by atoms with van der Waals surface area (Å²) in [6, 6.07) is 0.641. The highest BCUT2D eigenvalue weighted by molar-refractivity contribution is 5.85. The van der Waals surface area contributed by atoms with E-state index in [0.29, 0.717) is 29.8 Å². The maximum Gasteiger partial charge on any atom is 0.225 e. The molecule has 2 bridgehead atoms. The standard InChI is InChI=1S/C19H34N2O2.ClH/c1-5-23-16-11-15(19(16,2)3)21(4)18(22)14-9-12-7-6-8-13(10-14)17(12)20;/h12-17H,5-11,20H2,1-4H3;1H. The van der Waals surface area contributed by atoms with Gasteiger partial charge in [-0.1, -0.05) is 20.3 Å². The highest BCUT2D eigenvalue weighted by Gasteiger charge is 2.53. The zero-order valence-electron chi connectivity index (χ0n) is 15.7. The molecule has 0 aliphatic heterocycles. The van der Waals surface area contributed by atoms with E-state index in [9.17, 15) is 4.79 Å². The Morgan fingerprint density at radius 1 is 1.21 bits per heavy atom. The van der Waals surface area contributed by atoms with Crippen LogP contribution in [0, 0.1) is 23.2 Å². The molecule has 2 N–H and O–H groups in total. The lowest BCUT2D eigenvalue weighted by Gasteiger charge is -2.55. The number of rotatable bonds is 4. The summed E-state index contributed by atoms with van der Waals surface area (Å²) in [4.78, 5) is 15.1. The van der Waals surface area contributed by atoms with Crippen molar-refractivity contribution in [2.75, 3.05) is 13.7 Å². The van der Waals surface area contributed by atoms with Crippen LogP contribution in [0.5, 0.6) is 0 Å². The molecule has 3 saturated carbocycles. The molecule has 5 heteroatoms. The Kier molecular flexibility index (Phi) is 6.26. The van der Waals surface area contributed by atoms with Crippen molar-refractivity contribution in [2.24, 2.45) is 28.9 Å². The lowest BCUT2D eigenvalue weighted by Crippen LogP contribution is -2.63. The van der Waals surface area contributed by atoms with Crippen LogP contribution < -0.4 is 5.73 Å². The molecular weight excluding hydrogens is 324 g/mol. The van der Waals surface area contributed by atoms with E-state index in [4.69, 9.17) is 10.5 Å². The number of nitrogens with zero attached hydrogens (tertiary/aromatic N) is 1. The van der Waals surface area contributed by atoms with Gasteiger partial charge >= 0.3 is 0 Å². The number of carbonyl (C=O) groups is 1. The predicted octanol–water partition coefficient (Wildman–Crippen LogP) is 3.22. The zero-order chi connectivity index (χ0) is 16.8. The molecule has 1 amide bonds. The van der Waals surface area contributed by atoms with E-state index in [-0.39, 0.29) is 29.8 Å². The van der Waals surface area contributed by atoms with Crippen molar-refractivity contribution >= 4 is 18.3 Å². The SMILES string of the molecule is CCOC1CC(N(C)C(=O)C2CC3CCCC(C2)C3N)C1(C)C.Cl. The van der Waals surface area contributed by atoms with Crippen LogP contribution in [0.25, 0.3) is 0 Å². The first-order valence-electron chi connectivity index (χ1n) is 9.50. The van der Waals surface area contributed by atoms with Crippen LogP contribution in [0.4, 0.5) is 0 Å². The number of hydrogen-bond acceptors (Lipinski definition) is 3. The monoisotopic (exact) mass is 358 g/mol. The van der Waals surface area contributed by atoms with Crippen molar-refractivity contribution in [3.8, 4) is 0 Å². The largest absolute Gasteiger partial charge is 0.378 e. The minimum atomic E-state index is 0. The van der Waals surface area contributed by atoms with Gasteiger partial charge in [0.2, 0.25) is 5.91 Å². The first-order valence-corrected chi connectivity index (χ1v) is 9.50. The minimum absolute atomic E-state index is 0. The van der Waals surface area contributed by atoms with Gasteiger partial charge in [-0.2, -0.15) is 0 Å². The van der Waals surface area contributed by atoms with Gasteiger partial charge in [-0.15, -0.1) is 12.4 Å². The van der Waals surface area contributed by atoms with Crippen molar-refractivity contribution < 1.29 is 9.53 Å². The molecule has 0 aromatic heterocycles. The average molecular weight is 359 g/mol. The summed E-state index contributed by atoms with van der Waals surface area (Å²) in [5.74, 6) is 1.67. The van der Waals surface area contributed by atoms with Gasteiger partial charge in [0.15, 0.2) is 0 Å². The summed E-state index contributed by atoms with van der Waals surface area (Å²) in [7, 11) is 2.00. The summed E-state index contributed by atoms with van der Waals surface area (Å²) in [6.45, 7) is 7.26. The van der Waals surface area contributed by atoms with Gasteiger partial charge in [-0.3, -0.25) is 4.79 Å². The summed E-state index contributed by atoms with van der Waals surface area (Å²) in [6.07, 6.45) is 6.99. The molecule has 3 fully saturated rings. The molecule has 0 spiro atoms. The van der Waals surface area contributed by atoms with Gasteiger partial charge in [0.25, 0.3) is 0 Å². The molecule has 3 aliphatic rings. The molecule has 0 radical (unpaired) electrons. The van der Waals surface area contributed by atoms with E-state index in [1.807, 2.05) is 18.9 Å². The summed E-state index contributed by atoms with van der Waals surface area (Å²) in [5.41, 5.74) is 6.43. The molecule has 0 saturated heterocycles. The number of carbonyl (C=O) groups excluding carboxylic acids is 1. The van der Waals surface area contributed by atoms with Crippen molar-refractivity contribution in [1.82, 2.24) is 4.90 Å². The van der Waals surface area contributed by atoms with Gasteiger partial charge in [-0.25, -0.2) is 0 Å². The predicted molar refractivity (Wildman–Crippen MR) is 99.1 cm³/mol. The van der Waals surface area contributed by atoms with Crippen LogP contribution in [-0.4, -0.2) is 42.6 Å². The molecule has 3 rings (SSSR count). The lowest BCUT2D eigenvalue weighted by atomic mass is 9.62. The van der Waals surface area contributed by atoms with Crippen LogP contribution in [-0.2, 0) is 9.53 Å². The quantitative estimate of drug-likeness (QED) is 0.839. The third-order valence-electron chi connectivity index (χ3n) is 7.07. The third kappa shape index (κ3) is 3.34. The van der Waals surface area contributed by atoms with Crippen LogP contribution in [0.2, 0.25) is 0 Å². The van der Waals surface area contributed by atoms with Crippen LogP contribution >= 0.6 is 12.4 Å². The molecule has 4 atom stereocenters. The normalized spacial score (nSPS) is 40.2. The summed E-state index contributed by atoms with van der Waals surface area (Å²) < 4.78 is 5.82. The lowest BCUT2D eigenvalue weighted by molar-refractivity contribution is -0.168. The number of fused-ring (bicyclic) bond motifs is 2. The maximum absolute atomic E-state index is 13.1. The van der Waals surface area contributed by atoms with Gasteiger partial charge in [0.1, 0.15) is 0 Å². The van der Waals surface area contributed by atoms with E-state index in [2.05, 4.69) is 13.8 Å². The van der Waals surface area contributed by atoms with E-state index >= 15 is 0 Å². The van der Waals surface area contributed by atoms with E-state index in [0.717, 1.165) is 25.9 Å². The van der Waals surface area contributed by atoms with Gasteiger partial charge in [0, 0.05) is 37.1 Å². The van der Waals surface area contributed by atoms with E-state index in [1.54, 1.807) is 0 Å². The van der Waals surface area contributed by atoms with Gasteiger partial charge in [-0.05, 0) is 50.9 Å². The van der Waals surface area contributed by atoms with Crippen molar-refractivity contribution in [3.63, 3.8) is 0 Å². The minimum Gasteiger partial charge on any atom is -0.378 e. The fourth-order valence-corrected chi connectivity index (χ4v) is 5.44. The molecule has 3 aliphatic carbocycles. The van der Waals surface area contributed by atoms with Crippen LogP contribution in [0.1, 0.15) is 59.3 Å². The van der Waals surface area contributed by atoms with Crippen LogP contribution in [0.3, 0.4) is 0 Å². The van der Waals surface area contributed by atoms with Crippen LogP contribution in [0.15, 0.2) is 0 Å². The first-order chi connectivity index (χ1) is 10.9. The first kappa shape index (κ1) is 20.0. The Hall–Kier alpha value is -0.320. The van der Waals surface area contributed by atoms with Gasteiger partial charge < -0.3 is 15.4 Å². The molecule has 4 unspecified atom stereocenters. The zero-order valence-corrected chi connectivity index (χ0v) is 16.5. The van der Waals surface area contributed by atoms with Crippen molar-refractivity contribution in [1.29, 1.82) is 0 Å². The fourth-order valence-electron chi connectivity index (χ4n) is 5.44. The second-order valence-corrected chi connectivity index (χ2v) is 8.66. The second kappa shape index (κ2) is 7.51. The Labute approximate surface area is 153 Å². The highest BCUT2D eigenvalue weighted by atomic mass is 35.5. The van der Waals surface area contributed by atoms with Crippen molar-refractivity contribution in [3.05, 3.63) is 0 Å². The van der Waals surface area contributed by atoms with E-state index < -0.39 is 0 Å². The molecule has 0 aromatic rings. The molecule has 24 heavy (non-hydrogen) atoms. The molecular formula is C19H35ClN2O2. The number of hydrogen-bond donors (Lipinski definition) is 1. The number of nitrogens with two attached hydrogens (primary N) is 1. The third-order valence-corrected chi connectivity index (χ3v) is 7.07. The number of halogens is 1. The fraction of sp³-hybridized carbons (Fsp3) is 0.947. The molecule has 140 valence electrons. The Bertz CT molecular complexity index is 443. The summed E-state index contributed by atoms with van der Waals surface area (Å²) >= 11 is 0. The topological polar surface area (TPSA) is 55.6 Å². The Balaban J connectivity index is 0.00000208. The molecule has 4 nitrogen and oxygen atoms in total. The smallest absolute Gasteiger partial charge is 0.225 e. The Morgan fingerprint density at radius 2 is 1.79 bits per heavy atom. The van der Waals surface area contributed by atoms with Gasteiger partial charge in [0.05, 0.1) is 6.10 Å². The Morgan fingerprint density at radius 3 is 2.29 bits per heavy atom. The van der Waals surface area contributed by atoms with E-state index in [1.165, 1.54) is 19.3 Å². The molecule has 0 aromatic carbocycles. The number of amides is 1. The maximum atomic E-state index is 13.1. The summed E-state index contributed by atoms with van der Waals surface area (Å²) in [5, 5.41) is 0. The average Bonchev–Trinajstić information content (AvgIpc) is 2.49. The highest BCUT2D eigenvalue weighted by Crippen LogP contribution is 2.47. The number of ether oxygens (including phenoxy) is 1.